The van der Waals surface area contributed by atoms with Crippen LogP contribution in [0.25, 0.3) is 0 Å². The maximum absolute atomic E-state index is 14.1. The lowest BCUT2D eigenvalue weighted by atomic mass is 9.61. The fourth-order valence-corrected chi connectivity index (χ4v) is 8.04. The summed E-state index contributed by atoms with van der Waals surface area (Å²) in [4.78, 5) is 31.2. The molecular formula is C30H25F3N6O2S2. The van der Waals surface area contributed by atoms with E-state index in [-0.39, 0.29) is 40.1 Å². The summed E-state index contributed by atoms with van der Waals surface area (Å²) in [6.07, 6.45) is -3.90. The Labute approximate surface area is 253 Å². The number of nitriles is 1. The van der Waals surface area contributed by atoms with E-state index in [1.165, 1.54) is 22.7 Å². The maximum atomic E-state index is 14.1. The third-order valence-electron chi connectivity index (χ3n) is 7.98. The van der Waals surface area contributed by atoms with Crippen LogP contribution < -0.4 is 15.5 Å². The number of carbonyl (C=O) groups is 2. The molecule has 0 saturated heterocycles. The molecule has 2 N–H and O–H groups in total. The van der Waals surface area contributed by atoms with Crippen molar-refractivity contribution < 1.29 is 22.8 Å². The van der Waals surface area contributed by atoms with Crippen LogP contribution in [0, 0.1) is 16.7 Å². The van der Waals surface area contributed by atoms with Gasteiger partial charge in [0.25, 0.3) is 0 Å². The Balaban J connectivity index is 1.45. The molecule has 3 heterocycles. The van der Waals surface area contributed by atoms with E-state index in [1.54, 1.807) is 42.3 Å². The highest BCUT2D eigenvalue weighted by Gasteiger charge is 2.62. The molecule has 0 bridgehead atoms. The minimum absolute atomic E-state index is 0.0178. The molecule has 0 radical (unpaired) electrons. The minimum Gasteiger partial charge on any atom is -0.384 e. The second-order valence-corrected chi connectivity index (χ2v) is 13.6. The summed E-state index contributed by atoms with van der Waals surface area (Å²) in [5.41, 5.74) is 6.09. The van der Waals surface area contributed by atoms with Gasteiger partial charge in [0.15, 0.2) is 10.1 Å². The first-order chi connectivity index (χ1) is 20.3. The lowest BCUT2D eigenvalue weighted by Crippen LogP contribution is -2.53. The van der Waals surface area contributed by atoms with Gasteiger partial charge in [-0.3, -0.25) is 14.5 Å². The van der Waals surface area contributed by atoms with Crippen LogP contribution >= 0.6 is 23.1 Å². The van der Waals surface area contributed by atoms with Crippen molar-refractivity contribution in [2.75, 3.05) is 16.8 Å². The third-order valence-corrected chi connectivity index (χ3v) is 10.1. The van der Waals surface area contributed by atoms with Crippen LogP contribution in [-0.4, -0.2) is 28.9 Å². The van der Waals surface area contributed by atoms with Gasteiger partial charge in [-0.15, -0.1) is 10.2 Å². The number of rotatable bonds is 4. The number of allylic oxidation sites excluding steroid dienone is 1. The van der Waals surface area contributed by atoms with E-state index < -0.39 is 28.5 Å². The quantitative estimate of drug-likeness (QED) is 0.357. The zero-order valence-corrected chi connectivity index (χ0v) is 25.0. The summed E-state index contributed by atoms with van der Waals surface area (Å²) < 4.78 is 40.0. The average Bonchev–Trinajstić information content (AvgIpc) is 3.49. The van der Waals surface area contributed by atoms with E-state index in [2.05, 4.69) is 16.3 Å². The van der Waals surface area contributed by atoms with Crippen molar-refractivity contribution in [3.8, 4) is 6.07 Å². The Morgan fingerprint density at radius 2 is 1.86 bits per heavy atom. The molecular weight excluding hydrogens is 597 g/mol. The predicted octanol–water partition coefficient (Wildman–Crippen LogP) is 5.92. The smallest absolute Gasteiger partial charge is 0.384 e. The van der Waals surface area contributed by atoms with Crippen molar-refractivity contribution in [2.24, 2.45) is 11.1 Å². The molecule has 1 aromatic heterocycles. The molecule has 0 unspecified atom stereocenters. The van der Waals surface area contributed by atoms with Crippen molar-refractivity contribution in [3.05, 3.63) is 87.9 Å². The predicted molar refractivity (Wildman–Crippen MR) is 157 cm³/mol. The van der Waals surface area contributed by atoms with Gasteiger partial charge < -0.3 is 10.6 Å². The first kappa shape index (κ1) is 28.9. The number of para-hydroxylation sites is 1. The highest BCUT2D eigenvalue weighted by Crippen LogP contribution is 2.58. The summed E-state index contributed by atoms with van der Waals surface area (Å²) >= 11 is 2.35. The maximum Gasteiger partial charge on any atom is 0.416 e. The van der Waals surface area contributed by atoms with Crippen LogP contribution in [0.15, 0.2) is 75.5 Å². The van der Waals surface area contributed by atoms with Gasteiger partial charge in [0.2, 0.25) is 11.0 Å². The average molecular weight is 623 g/mol. The number of carbonyl (C=O) groups excluding carboxylic acids is 2. The number of hydrogen-bond acceptors (Lipinski definition) is 9. The molecule has 0 saturated carbocycles. The van der Waals surface area contributed by atoms with Gasteiger partial charge in [-0.1, -0.05) is 73.3 Å². The summed E-state index contributed by atoms with van der Waals surface area (Å²) in [6, 6.07) is 14.3. The van der Waals surface area contributed by atoms with Crippen LogP contribution in [0.1, 0.15) is 43.4 Å². The first-order valence-corrected chi connectivity index (χ1v) is 15.1. The van der Waals surface area contributed by atoms with Crippen LogP contribution in [-0.2, 0) is 26.9 Å². The molecule has 0 fully saturated rings. The summed E-state index contributed by atoms with van der Waals surface area (Å²) in [5, 5.41) is 19.4. The van der Waals surface area contributed by atoms with Crippen molar-refractivity contribution >= 4 is 45.6 Å². The number of nitrogens with zero attached hydrogens (tertiary/aromatic N) is 5. The molecule has 1 spiro atoms. The van der Waals surface area contributed by atoms with Crippen molar-refractivity contribution in [2.45, 2.75) is 48.4 Å². The van der Waals surface area contributed by atoms with Crippen molar-refractivity contribution in [1.29, 1.82) is 5.26 Å². The Morgan fingerprint density at radius 1 is 1.12 bits per heavy atom. The molecule has 2 aromatic carbocycles. The Kier molecular flexibility index (Phi) is 6.70. The first-order valence-electron chi connectivity index (χ1n) is 13.3. The SMILES string of the molecule is CN1C(=O)[C@]2(C(C#N)=C(N)N(c3nnc(SCc4cccc(C(F)(F)F)c4)s3)C3=C2C(=O)CC(C)(C)C3)c2ccccc21. The molecule has 3 aromatic rings. The fraction of sp³-hybridized carbons (Fsp3) is 0.300. The van der Waals surface area contributed by atoms with Crippen LogP contribution in [0.5, 0.6) is 0 Å². The molecule has 8 nitrogen and oxygen atoms in total. The van der Waals surface area contributed by atoms with Gasteiger partial charge in [0, 0.05) is 41.7 Å². The number of anilines is 2. The van der Waals surface area contributed by atoms with Gasteiger partial charge in [-0.2, -0.15) is 18.4 Å². The summed E-state index contributed by atoms with van der Waals surface area (Å²) in [6.45, 7) is 3.90. The van der Waals surface area contributed by atoms with E-state index in [0.29, 0.717) is 33.3 Å². The van der Waals surface area contributed by atoms with Crippen LogP contribution in [0.2, 0.25) is 0 Å². The normalized spacial score (nSPS) is 21.4. The van der Waals surface area contributed by atoms with Gasteiger partial charge in [-0.25, -0.2) is 0 Å². The number of halogens is 3. The zero-order valence-electron chi connectivity index (χ0n) is 23.3. The lowest BCUT2D eigenvalue weighted by molar-refractivity contribution is -0.137. The van der Waals surface area contributed by atoms with Crippen molar-refractivity contribution in [3.63, 3.8) is 0 Å². The van der Waals surface area contributed by atoms with E-state index in [0.717, 1.165) is 23.5 Å². The highest BCUT2D eigenvalue weighted by molar-refractivity contribution is 8.00. The number of hydrogen-bond donors (Lipinski definition) is 1. The standard InChI is InChI=1S/C30H25F3N6O2S2/c1-28(2)12-21-23(22(40)13-28)29(18-9-4-5-10-20(18)38(3)25(29)41)19(14-34)24(35)39(21)26-36-37-27(43-26)42-15-16-7-6-8-17(11-16)30(31,32)33/h4-11H,12-13,15,35H2,1-3H3/t29-/m0/s1. The molecule has 6 rings (SSSR count). The largest absolute Gasteiger partial charge is 0.416 e. The summed E-state index contributed by atoms with van der Waals surface area (Å²) in [5.74, 6) is -0.481. The molecule has 2 aliphatic heterocycles. The number of Topliss-reactive ketones (excluding diaryl/α,β-unsaturated/α-hetero) is 1. The Hall–Kier alpha value is -4.15. The number of aromatic nitrogens is 2. The molecule has 13 heteroatoms. The molecule has 1 aliphatic carbocycles. The fourth-order valence-electron chi connectivity index (χ4n) is 6.21. The number of likely N-dealkylation sites (N-methyl/N-ethyl adjacent to an activating group) is 1. The number of alkyl halides is 3. The number of benzene rings is 2. The van der Waals surface area contributed by atoms with Crippen LogP contribution in [0.4, 0.5) is 24.0 Å². The van der Waals surface area contributed by atoms with Gasteiger partial charge in [0.05, 0.1) is 11.1 Å². The monoisotopic (exact) mass is 622 g/mol. The molecule has 43 heavy (non-hydrogen) atoms. The number of amides is 1. The second kappa shape index (κ2) is 9.96. The number of fused-ring (bicyclic) bond motifs is 3. The summed E-state index contributed by atoms with van der Waals surface area (Å²) in [7, 11) is 1.61. The molecule has 1 amide bonds. The molecule has 220 valence electrons. The van der Waals surface area contributed by atoms with E-state index >= 15 is 0 Å². The van der Waals surface area contributed by atoms with Crippen LogP contribution in [0.3, 0.4) is 0 Å². The Bertz CT molecular complexity index is 1800. The highest BCUT2D eigenvalue weighted by atomic mass is 32.2. The van der Waals surface area contributed by atoms with Gasteiger partial charge in [-0.05, 0) is 29.5 Å². The molecule has 1 atom stereocenters. The van der Waals surface area contributed by atoms with Gasteiger partial charge in [0.1, 0.15) is 17.3 Å². The minimum atomic E-state index is -4.45. The number of nitrogens with two attached hydrogens (primary N) is 1. The second-order valence-electron chi connectivity index (χ2n) is 11.4. The van der Waals surface area contributed by atoms with E-state index in [4.69, 9.17) is 5.73 Å². The number of ketones is 1. The van der Waals surface area contributed by atoms with E-state index in [9.17, 15) is 28.0 Å². The topological polar surface area (TPSA) is 116 Å². The van der Waals surface area contributed by atoms with Crippen molar-refractivity contribution in [1.82, 2.24) is 10.2 Å². The lowest BCUT2D eigenvalue weighted by Gasteiger charge is -2.45. The molecule has 3 aliphatic rings. The Morgan fingerprint density at radius 3 is 2.58 bits per heavy atom. The van der Waals surface area contributed by atoms with Gasteiger partial charge >= 0.3 is 6.18 Å². The zero-order chi connectivity index (χ0) is 30.9. The van der Waals surface area contributed by atoms with E-state index in [1.807, 2.05) is 13.8 Å². The third kappa shape index (κ3) is 4.42. The number of thioether (sulfide) groups is 1.